The van der Waals surface area contributed by atoms with Crippen molar-refractivity contribution in [3.8, 4) is 0 Å². The number of ether oxygens (including phenoxy) is 1. The molecule has 0 atom stereocenters. The van der Waals surface area contributed by atoms with Crippen LogP contribution in [0.5, 0.6) is 0 Å². The van der Waals surface area contributed by atoms with Crippen molar-refractivity contribution in [1.29, 1.82) is 0 Å². The van der Waals surface area contributed by atoms with Crippen molar-refractivity contribution in [2.75, 3.05) is 26.8 Å². The Morgan fingerprint density at radius 3 is 2.41 bits per heavy atom. The van der Waals surface area contributed by atoms with Crippen LogP contribution in [-0.2, 0) is 24.2 Å². The van der Waals surface area contributed by atoms with Gasteiger partial charge in [0.1, 0.15) is 0 Å². The predicted molar refractivity (Wildman–Crippen MR) is 131 cm³/mol. The number of guanidine groups is 1. The van der Waals surface area contributed by atoms with E-state index in [1.807, 2.05) is 11.6 Å². The molecule has 0 unspecified atom stereocenters. The minimum atomic E-state index is 0. The molecule has 6 nitrogen and oxygen atoms in total. The Balaban J connectivity index is 0.00000420. The Hall–Kier alpha value is -1.61. The van der Waals surface area contributed by atoms with E-state index in [1.165, 1.54) is 22.3 Å². The molecule has 162 valence electrons. The van der Waals surface area contributed by atoms with Gasteiger partial charge < -0.3 is 15.4 Å². The Morgan fingerprint density at radius 1 is 1.10 bits per heavy atom. The molecule has 1 aromatic carbocycles. The van der Waals surface area contributed by atoms with Gasteiger partial charge >= 0.3 is 0 Å². The van der Waals surface area contributed by atoms with Crippen LogP contribution in [0.1, 0.15) is 40.6 Å². The lowest BCUT2D eigenvalue weighted by Crippen LogP contribution is -2.38. The van der Waals surface area contributed by atoms with Gasteiger partial charge in [0.15, 0.2) is 5.96 Å². The first kappa shape index (κ1) is 25.4. The summed E-state index contributed by atoms with van der Waals surface area (Å²) in [6.07, 6.45) is 0.972. The average Bonchev–Trinajstić information content (AvgIpc) is 2.90. The molecule has 0 aliphatic rings. The standard InChI is InChI=1S/C22H35N5O.HI/c1-7-23-22(24-9-8-20-13-16(2)12-17(3)14-20)25-15-21-18(4)26-27(19(21)5)10-11-28-6;/h12-14H,7-11,15H2,1-6H3,(H2,23,24,25);1H. The van der Waals surface area contributed by atoms with Gasteiger partial charge in [-0.1, -0.05) is 29.3 Å². The highest BCUT2D eigenvalue weighted by molar-refractivity contribution is 14.0. The molecule has 0 fully saturated rings. The monoisotopic (exact) mass is 513 g/mol. The van der Waals surface area contributed by atoms with Crippen molar-refractivity contribution in [1.82, 2.24) is 20.4 Å². The molecule has 0 spiro atoms. The summed E-state index contributed by atoms with van der Waals surface area (Å²) in [6.45, 7) is 14.2. The molecule has 1 aromatic heterocycles. The van der Waals surface area contributed by atoms with Gasteiger partial charge in [-0.15, -0.1) is 24.0 Å². The molecule has 2 aromatic rings. The number of rotatable bonds is 9. The van der Waals surface area contributed by atoms with Crippen LogP contribution in [0.25, 0.3) is 0 Å². The lowest BCUT2D eigenvalue weighted by atomic mass is 10.1. The quantitative estimate of drug-likeness (QED) is 0.305. The summed E-state index contributed by atoms with van der Waals surface area (Å²) in [6, 6.07) is 6.71. The fourth-order valence-electron chi connectivity index (χ4n) is 3.40. The van der Waals surface area contributed by atoms with Gasteiger partial charge in [0, 0.05) is 31.5 Å². The first-order valence-electron chi connectivity index (χ1n) is 10.1. The number of hydrogen-bond acceptors (Lipinski definition) is 3. The molecule has 2 N–H and O–H groups in total. The van der Waals surface area contributed by atoms with E-state index in [0.717, 1.165) is 43.4 Å². The van der Waals surface area contributed by atoms with E-state index in [1.54, 1.807) is 7.11 Å². The molecule has 0 saturated carbocycles. The molecular weight excluding hydrogens is 477 g/mol. The molecule has 0 aliphatic carbocycles. The molecule has 1 heterocycles. The van der Waals surface area contributed by atoms with Crippen molar-refractivity contribution in [2.45, 2.75) is 54.1 Å². The van der Waals surface area contributed by atoms with E-state index in [4.69, 9.17) is 9.73 Å². The Bertz CT molecular complexity index is 780. The smallest absolute Gasteiger partial charge is 0.191 e. The zero-order valence-electron chi connectivity index (χ0n) is 18.6. The van der Waals surface area contributed by atoms with E-state index in [-0.39, 0.29) is 24.0 Å². The summed E-state index contributed by atoms with van der Waals surface area (Å²) < 4.78 is 7.17. The second kappa shape index (κ2) is 12.8. The second-order valence-corrected chi connectivity index (χ2v) is 7.23. The summed E-state index contributed by atoms with van der Waals surface area (Å²) in [5.74, 6) is 0.843. The average molecular weight is 513 g/mol. The lowest BCUT2D eigenvalue weighted by Gasteiger charge is -2.12. The number of halogens is 1. The maximum Gasteiger partial charge on any atom is 0.191 e. The fraction of sp³-hybridized carbons (Fsp3) is 0.545. The van der Waals surface area contributed by atoms with Crippen LogP contribution in [0.2, 0.25) is 0 Å². The van der Waals surface area contributed by atoms with E-state index in [9.17, 15) is 0 Å². The van der Waals surface area contributed by atoms with E-state index >= 15 is 0 Å². The van der Waals surface area contributed by atoms with Gasteiger partial charge in [0.05, 0.1) is 25.4 Å². The molecule has 0 amide bonds. The van der Waals surface area contributed by atoms with Crippen LogP contribution in [0.4, 0.5) is 0 Å². The SMILES string of the molecule is CCNC(=NCc1c(C)nn(CCOC)c1C)NCCc1cc(C)cc(C)c1.I. The summed E-state index contributed by atoms with van der Waals surface area (Å²) in [7, 11) is 1.71. The van der Waals surface area contributed by atoms with Crippen molar-refractivity contribution in [3.63, 3.8) is 0 Å². The second-order valence-electron chi connectivity index (χ2n) is 7.23. The van der Waals surface area contributed by atoms with Crippen molar-refractivity contribution >= 4 is 29.9 Å². The molecule has 0 aliphatic heterocycles. The summed E-state index contributed by atoms with van der Waals surface area (Å²) in [5.41, 5.74) is 7.35. The third kappa shape index (κ3) is 7.97. The first-order valence-corrected chi connectivity index (χ1v) is 10.1. The maximum atomic E-state index is 5.17. The molecule has 0 bridgehead atoms. The van der Waals surface area contributed by atoms with E-state index in [2.05, 4.69) is 61.6 Å². The van der Waals surface area contributed by atoms with Gasteiger partial charge in [-0.05, 0) is 46.6 Å². The van der Waals surface area contributed by atoms with Gasteiger partial charge in [-0.2, -0.15) is 5.10 Å². The summed E-state index contributed by atoms with van der Waals surface area (Å²) in [4.78, 5) is 4.78. The lowest BCUT2D eigenvalue weighted by molar-refractivity contribution is 0.182. The van der Waals surface area contributed by atoms with Crippen LogP contribution >= 0.6 is 24.0 Å². The number of nitrogens with one attached hydrogen (secondary N) is 2. The number of benzene rings is 1. The number of aliphatic imine (C=N–C) groups is 1. The van der Waals surface area contributed by atoms with Crippen molar-refractivity contribution in [2.24, 2.45) is 4.99 Å². The Kier molecular flexibility index (Phi) is 11.3. The fourth-order valence-corrected chi connectivity index (χ4v) is 3.40. The third-order valence-electron chi connectivity index (χ3n) is 4.77. The van der Waals surface area contributed by atoms with Crippen LogP contribution in [-0.4, -0.2) is 42.5 Å². The topological polar surface area (TPSA) is 63.5 Å². The number of aromatic nitrogens is 2. The van der Waals surface area contributed by atoms with Crippen LogP contribution in [0.15, 0.2) is 23.2 Å². The van der Waals surface area contributed by atoms with Crippen LogP contribution < -0.4 is 10.6 Å². The van der Waals surface area contributed by atoms with Gasteiger partial charge in [-0.25, -0.2) is 4.99 Å². The Morgan fingerprint density at radius 2 is 1.79 bits per heavy atom. The largest absolute Gasteiger partial charge is 0.383 e. The first-order chi connectivity index (χ1) is 13.4. The number of hydrogen-bond donors (Lipinski definition) is 2. The Labute approximate surface area is 192 Å². The molecule has 0 radical (unpaired) electrons. The van der Waals surface area contributed by atoms with Gasteiger partial charge in [0.25, 0.3) is 0 Å². The maximum absolute atomic E-state index is 5.17. The number of methoxy groups -OCH3 is 1. The van der Waals surface area contributed by atoms with Gasteiger partial charge in [-0.3, -0.25) is 4.68 Å². The van der Waals surface area contributed by atoms with E-state index < -0.39 is 0 Å². The summed E-state index contributed by atoms with van der Waals surface area (Å²) in [5, 5.41) is 11.4. The van der Waals surface area contributed by atoms with Gasteiger partial charge in [0.2, 0.25) is 0 Å². The summed E-state index contributed by atoms with van der Waals surface area (Å²) >= 11 is 0. The zero-order chi connectivity index (χ0) is 20.5. The van der Waals surface area contributed by atoms with Crippen molar-refractivity contribution in [3.05, 3.63) is 51.8 Å². The highest BCUT2D eigenvalue weighted by Gasteiger charge is 2.11. The van der Waals surface area contributed by atoms with Crippen LogP contribution in [0.3, 0.4) is 0 Å². The zero-order valence-corrected chi connectivity index (χ0v) is 21.0. The normalized spacial score (nSPS) is 11.3. The number of aryl methyl sites for hydroxylation is 3. The van der Waals surface area contributed by atoms with Crippen LogP contribution in [0, 0.1) is 27.7 Å². The highest BCUT2D eigenvalue weighted by Crippen LogP contribution is 2.14. The van der Waals surface area contributed by atoms with E-state index in [0.29, 0.717) is 13.2 Å². The third-order valence-corrected chi connectivity index (χ3v) is 4.77. The molecule has 2 rings (SSSR count). The predicted octanol–water partition coefficient (Wildman–Crippen LogP) is 3.68. The minimum absolute atomic E-state index is 0. The molecule has 0 saturated heterocycles. The van der Waals surface area contributed by atoms with Crippen molar-refractivity contribution < 1.29 is 4.74 Å². The molecular formula is C22H36IN5O. The molecule has 29 heavy (non-hydrogen) atoms. The molecule has 7 heteroatoms. The number of nitrogens with zero attached hydrogens (tertiary/aromatic N) is 3. The minimum Gasteiger partial charge on any atom is -0.383 e. The highest BCUT2D eigenvalue weighted by atomic mass is 127.